The lowest BCUT2D eigenvalue weighted by molar-refractivity contribution is -0.135. The summed E-state index contributed by atoms with van der Waals surface area (Å²) in [4.78, 5) is 11.6. The van der Waals surface area contributed by atoms with Crippen LogP contribution in [0.4, 0.5) is 5.69 Å². The Balaban J connectivity index is 2.97. The van der Waals surface area contributed by atoms with Crippen LogP contribution in [-0.2, 0) is 9.53 Å². The molecule has 0 spiro atoms. The number of nitrogens with one attached hydrogen (secondary N) is 2. The highest BCUT2D eigenvalue weighted by Gasteiger charge is 2.16. The van der Waals surface area contributed by atoms with Crippen molar-refractivity contribution < 1.29 is 9.53 Å². The molecule has 106 valence electrons. The number of benzene rings is 1. The molecule has 0 fully saturated rings. The van der Waals surface area contributed by atoms with Crippen LogP contribution in [0.5, 0.6) is 0 Å². The number of hydrogen-bond acceptors (Lipinski definition) is 5. The highest BCUT2D eigenvalue weighted by atomic mass is 16.5. The van der Waals surface area contributed by atoms with E-state index >= 15 is 0 Å². The Hall–Kier alpha value is -2.48. The van der Waals surface area contributed by atoms with Crippen LogP contribution in [0.1, 0.15) is 19.8 Å². The van der Waals surface area contributed by atoms with E-state index in [4.69, 9.17) is 5.26 Å². The number of nitriles is 1. The third-order valence-electron chi connectivity index (χ3n) is 2.63. The normalized spacial score (nSPS) is 11.1. The SMILES string of the molecule is CCCCN/C(Nc1ccccc1)=C(/C#N)C(=O)OC. The number of rotatable bonds is 7. The average Bonchev–Trinajstić information content (AvgIpc) is 2.48. The fourth-order valence-electron chi connectivity index (χ4n) is 1.56. The smallest absolute Gasteiger partial charge is 0.352 e. The molecule has 1 aromatic carbocycles. The minimum Gasteiger partial charge on any atom is -0.465 e. The minimum absolute atomic E-state index is 0.0625. The second-order valence-corrected chi connectivity index (χ2v) is 4.12. The molecular formula is C15H19N3O2. The molecule has 1 aromatic rings. The average molecular weight is 273 g/mol. The number of nitrogens with zero attached hydrogens (tertiary/aromatic N) is 1. The number of para-hydroxylation sites is 1. The standard InChI is InChI=1S/C15H19N3O2/c1-3-4-10-17-14(13(11-16)15(19)20-2)18-12-8-6-5-7-9-12/h5-9,17-18H,3-4,10H2,1-2H3/b14-13+. The van der Waals surface area contributed by atoms with E-state index in [1.807, 2.05) is 36.4 Å². The molecule has 0 unspecified atom stereocenters. The second kappa shape index (κ2) is 8.59. The van der Waals surface area contributed by atoms with Crippen molar-refractivity contribution in [1.82, 2.24) is 5.32 Å². The van der Waals surface area contributed by atoms with Crippen LogP contribution in [0.2, 0.25) is 0 Å². The Morgan fingerprint density at radius 3 is 2.60 bits per heavy atom. The topological polar surface area (TPSA) is 74.1 Å². The Kier molecular flexibility index (Phi) is 6.69. The van der Waals surface area contributed by atoms with Gasteiger partial charge in [0.15, 0.2) is 5.57 Å². The van der Waals surface area contributed by atoms with Gasteiger partial charge in [0.05, 0.1) is 7.11 Å². The van der Waals surface area contributed by atoms with Crippen LogP contribution in [-0.4, -0.2) is 19.6 Å². The van der Waals surface area contributed by atoms with Crippen molar-refractivity contribution in [3.05, 3.63) is 41.7 Å². The number of carbonyl (C=O) groups is 1. The molecule has 0 aromatic heterocycles. The van der Waals surface area contributed by atoms with Crippen LogP contribution in [0.25, 0.3) is 0 Å². The van der Waals surface area contributed by atoms with Gasteiger partial charge in [0.1, 0.15) is 11.9 Å². The molecule has 0 radical (unpaired) electrons. The Bertz CT molecular complexity index is 504. The first-order valence-electron chi connectivity index (χ1n) is 6.51. The monoisotopic (exact) mass is 273 g/mol. The van der Waals surface area contributed by atoms with Gasteiger partial charge in [0.25, 0.3) is 0 Å². The van der Waals surface area contributed by atoms with E-state index in [9.17, 15) is 4.79 Å². The largest absolute Gasteiger partial charge is 0.465 e. The lowest BCUT2D eigenvalue weighted by Gasteiger charge is -2.14. The number of ether oxygens (including phenoxy) is 1. The van der Waals surface area contributed by atoms with E-state index in [1.165, 1.54) is 7.11 Å². The van der Waals surface area contributed by atoms with Crippen LogP contribution in [0.3, 0.4) is 0 Å². The van der Waals surface area contributed by atoms with Crippen molar-refractivity contribution in [2.24, 2.45) is 0 Å². The lowest BCUT2D eigenvalue weighted by atomic mass is 10.2. The summed E-state index contributed by atoms with van der Waals surface area (Å²) < 4.78 is 4.63. The van der Waals surface area contributed by atoms with Gasteiger partial charge in [-0.25, -0.2) is 4.79 Å². The summed E-state index contributed by atoms with van der Waals surface area (Å²) in [7, 11) is 1.26. The molecule has 0 saturated carbocycles. The molecule has 0 atom stereocenters. The molecule has 5 nitrogen and oxygen atoms in total. The highest BCUT2D eigenvalue weighted by molar-refractivity contribution is 5.94. The molecule has 0 aliphatic rings. The third kappa shape index (κ3) is 4.65. The van der Waals surface area contributed by atoms with Crippen LogP contribution < -0.4 is 10.6 Å². The fourth-order valence-corrected chi connectivity index (χ4v) is 1.56. The fraction of sp³-hybridized carbons (Fsp3) is 0.333. The number of unbranched alkanes of at least 4 members (excludes halogenated alkanes) is 1. The van der Waals surface area contributed by atoms with E-state index < -0.39 is 5.97 Å². The molecule has 0 saturated heterocycles. The number of methoxy groups -OCH3 is 1. The molecule has 5 heteroatoms. The summed E-state index contributed by atoms with van der Waals surface area (Å²) >= 11 is 0. The van der Waals surface area contributed by atoms with Crippen LogP contribution in [0, 0.1) is 11.3 Å². The molecule has 0 heterocycles. The minimum atomic E-state index is -0.657. The van der Waals surface area contributed by atoms with Gasteiger partial charge in [0.2, 0.25) is 0 Å². The molecule has 0 amide bonds. The number of anilines is 1. The Labute approximate surface area is 119 Å². The summed E-state index contributed by atoms with van der Waals surface area (Å²) in [6, 6.07) is 11.2. The maximum atomic E-state index is 11.6. The molecule has 0 aliphatic heterocycles. The van der Waals surface area contributed by atoms with E-state index in [-0.39, 0.29) is 5.57 Å². The summed E-state index contributed by atoms with van der Waals surface area (Å²) in [5.74, 6) is -0.283. The molecule has 0 bridgehead atoms. The second-order valence-electron chi connectivity index (χ2n) is 4.12. The number of hydrogen-bond donors (Lipinski definition) is 2. The van der Waals surface area contributed by atoms with Crippen molar-refractivity contribution in [1.29, 1.82) is 5.26 Å². The molecule has 0 aliphatic carbocycles. The zero-order valence-electron chi connectivity index (χ0n) is 11.8. The van der Waals surface area contributed by atoms with E-state index in [2.05, 4.69) is 22.3 Å². The first-order valence-corrected chi connectivity index (χ1v) is 6.51. The number of carbonyl (C=O) groups excluding carboxylic acids is 1. The zero-order chi connectivity index (χ0) is 14.8. The molecule has 1 rings (SSSR count). The van der Waals surface area contributed by atoms with E-state index in [0.717, 1.165) is 18.5 Å². The van der Waals surface area contributed by atoms with Crippen molar-refractivity contribution >= 4 is 11.7 Å². The maximum Gasteiger partial charge on any atom is 0.352 e. The molecule has 2 N–H and O–H groups in total. The van der Waals surface area contributed by atoms with Gasteiger partial charge in [0, 0.05) is 12.2 Å². The highest BCUT2D eigenvalue weighted by Crippen LogP contribution is 2.11. The first kappa shape index (κ1) is 15.6. The first-order chi connectivity index (χ1) is 9.72. The molecule has 20 heavy (non-hydrogen) atoms. The summed E-state index contributed by atoms with van der Waals surface area (Å²) in [5.41, 5.74) is 0.732. The molecular weight excluding hydrogens is 254 g/mol. The Morgan fingerprint density at radius 2 is 2.05 bits per heavy atom. The van der Waals surface area contributed by atoms with Gasteiger partial charge in [-0.3, -0.25) is 0 Å². The zero-order valence-corrected chi connectivity index (χ0v) is 11.8. The van der Waals surface area contributed by atoms with Crippen molar-refractivity contribution in [2.75, 3.05) is 19.0 Å². The lowest BCUT2D eigenvalue weighted by Crippen LogP contribution is -2.25. The predicted molar refractivity (Wildman–Crippen MR) is 77.6 cm³/mol. The summed E-state index contributed by atoms with van der Waals surface area (Å²) in [6.45, 7) is 2.75. The summed E-state index contributed by atoms with van der Waals surface area (Å²) in [6.07, 6.45) is 1.96. The predicted octanol–water partition coefficient (Wildman–Crippen LogP) is 2.40. The third-order valence-corrected chi connectivity index (χ3v) is 2.63. The van der Waals surface area contributed by atoms with Crippen LogP contribution >= 0.6 is 0 Å². The van der Waals surface area contributed by atoms with E-state index in [1.54, 1.807) is 0 Å². The van der Waals surface area contributed by atoms with Gasteiger partial charge in [-0.05, 0) is 18.6 Å². The Morgan fingerprint density at radius 1 is 1.35 bits per heavy atom. The van der Waals surface area contributed by atoms with Gasteiger partial charge in [-0.15, -0.1) is 0 Å². The van der Waals surface area contributed by atoms with Crippen molar-refractivity contribution in [3.8, 4) is 6.07 Å². The van der Waals surface area contributed by atoms with Crippen molar-refractivity contribution in [3.63, 3.8) is 0 Å². The van der Waals surface area contributed by atoms with Crippen LogP contribution in [0.15, 0.2) is 41.7 Å². The van der Waals surface area contributed by atoms with Gasteiger partial charge in [-0.1, -0.05) is 31.5 Å². The maximum absolute atomic E-state index is 11.6. The van der Waals surface area contributed by atoms with E-state index in [0.29, 0.717) is 12.4 Å². The van der Waals surface area contributed by atoms with Gasteiger partial charge >= 0.3 is 5.97 Å². The number of esters is 1. The van der Waals surface area contributed by atoms with Crippen molar-refractivity contribution in [2.45, 2.75) is 19.8 Å². The van der Waals surface area contributed by atoms with Gasteiger partial charge < -0.3 is 15.4 Å². The quantitative estimate of drug-likeness (QED) is 0.345. The van der Waals surface area contributed by atoms with Gasteiger partial charge in [-0.2, -0.15) is 5.26 Å². The summed E-state index contributed by atoms with van der Waals surface area (Å²) in [5, 5.41) is 15.3.